The van der Waals surface area contributed by atoms with Crippen LogP contribution in [0.4, 0.5) is 4.79 Å². The molecule has 5 nitrogen and oxygen atoms in total. The van der Waals surface area contributed by atoms with E-state index >= 15 is 0 Å². The molecule has 1 aliphatic rings. The molecule has 0 aliphatic carbocycles. The topological polar surface area (TPSA) is 55.8 Å². The Balaban J connectivity index is 2.84. The summed E-state index contributed by atoms with van der Waals surface area (Å²) < 4.78 is 11.6. The molecule has 0 aromatic heterocycles. The quantitative estimate of drug-likeness (QED) is 0.721. The number of nitrogens with zero attached hydrogens (tertiary/aromatic N) is 1. The van der Waals surface area contributed by atoms with Gasteiger partial charge in [0.1, 0.15) is 5.60 Å². The van der Waals surface area contributed by atoms with Gasteiger partial charge in [0.25, 0.3) is 0 Å². The van der Waals surface area contributed by atoms with Crippen LogP contribution < -0.4 is 0 Å². The monoisotopic (exact) mass is 343 g/mol. The normalized spacial score (nSPS) is 23.3. The fourth-order valence-corrected chi connectivity index (χ4v) is 3.29. The van der Waals surface area contributed by atoms with E-state index in [1.54, 1.807) is 20.8 Å². The van der Waals surface area contributed by atoms with Gasteiger partial charge < -0.3 is 9.16 Å². The van der Waals surface area contributed by atoms with Crippen LogP contribution in [0.1, 0.15) is 54.9 Å². The van der Waals surface area contributed by atoms with Gasteiger partial charge in [0.15, 0.2) is 8.32 Å². The summed E-state index contributed by atoms with van der Waals surface area (Å²) in [5, 5.41) is 0.0952. The lowest BCUT2D eigenvalue weighted by atomic mass is 10.1. The van der Waals surface area contributed by atoms with Gasteiger partial charge in [0.2, 0.25) is 5.91 Å². The van der Waals surface area contributed by atoms with Gasteiger partial charge in [-0.05, 0) is 45.3 Å². The molecule has 1 saturated heterocycles. The molecular weight excluding hydrogens is 310 g/mol. The second-order valence-corrected chi connectivity index (χ2v) is 13.9. The maximum atomic E-state index is 12.4. The minimum atomic E-state index is -1.92. The molecule has 0 aromatic carbocycles. The van der Waals surface area contributed by atoms with Gasteiger partial charge in [-0.25, -0.2) is 9.69 Å². The van der Waals surface area contributed by atoms with Crippen molar-refractivity contribution in [2.24, 2.45) is 5.92 Å². The van der Waals surface area contributed by atoms with Crippen LogP contribution in [-0.4, -0.2) is 43.5 Å². The van der Waals surface area contributed by atoms with E-state index in [9.17, 15) is 9.59 Å². The highest BCUT2D eigenvalue weighted by atomic mass is 28.4. The molecule has 2 atom stereocenters. The molecule has 0 bridgehead atoms. The summed E-state index contributed by atoms with van der Waals surface area (Å²) in [5.41, 5.74) is -0.617. The SMILES string of the molecule is C[C@@H]1C[C@@H](CO[Si](C)(C)C(C)(C)C)N(C(=O)OC(C)(C)C)C1=O. The summed E-state index contributed by atoms with van der Waals surface area (Å²) in [6.45, 7) is 18.5. The van der Waals surface area contributed by atoms with E-state index in [0.717, 1.165) is 0 Å². The van der Waals surface area contributed by atoms with Gasteiger partial charge in [-0.3, -0.25) is 4.79 Å². The molecule has 1 aliphatic heterocycles. The van der Waals surface area contributed by atoms with Crippen molar-refractivity contribution >= 4 is 20.3 Å². The average Bonchev–Trinajstić information content (AvgIpc) is 2.59. The van der Waals surface area contributed by atoms with Crippen LogP contribution in [0.15, 0.2) is 0 Å². The van der Waals surface area contributed by atoms with Crippen LogP contribution in [0.5, 0.6) is 0 Å². The molecule has 1 rings (SSSR count). The predicted octanol–water partition coefficient (Wildman–Crippen LogP) is 4.18. The first-order valence-electron chi connectivity index (χ1n) is 8.36. The van der Waals surface area contributed by atoms with Crippen LogP contribution in [-0.2, 0) is 14.0 Å². The second-order valence-electron chi connectivity index (χ2n) is 9.05. The highest BCUT2D eigenvalue weighted by molar-refractivity contribution is 6.74. The first-order chi connectivity index (χ1) is 10.2. The smallest absolute Gasteiger partial charge is 0.417 e. The zero-order valence-corrected chi connectivity index (χ0v) is 17.1. The minimum absolute atomic E-state index is 0.0952. The summed E-state index contributed by atoms with van der Waals surface area (Å²) in [6.07, 6.45) is 0.0721. The lowest BCUT2D eigenvalue weighted by Crippen LogP contribution is -2.48. The largest absolute Gasteiger partial charge is 0.443 e. The lowest BCUT2D eigenvalue weighted by molar-refractivity contribution is -0.131. The number of rotatable bonds is 3. The van der Waals surface area contributed by atoms with Gasteiger partial charge >= 0.3 is 6.09 Å². The van der Waals surface area contributed by atoms with Crippen molar-refractivity contribution in [3.8, 4) is 0 Å². The Bertz CT molecular complexity index is 462. The van der Waals surface area contributed by atoms with Gasteiger partial charge in [0, 0.05) is 5.92 Å². The summed E-state index contributed by atoms with van der Waals surface area (Å²) >= 11 is 0. The van der Waals surface area contributed by atoms with Gasteiger partial charge in [-0.15, -0.1) is 0 Å². The van der Waals surface area contributed by atoms with Gasteiger partial charge in [-0.1, -0.05) is 27.7 Å². The Morgan fingerprint density at radius 3 is 2.17 bits per heavy atom. The molecule has 0 saturated carbocycles. The molecule has 1 fully saturated rings. The van der Waals surface area contributed by atoms with Crippen LogP contribution in [0.25, 0.3) is 0 Å². The second kappa shape index (κ2) is 6.55. The van der Waals surface area contributed by atoms with Crippen LogP contribution in [0.3, 0.4) is 0 Å². The van der Waals surface area contributed by atoms with E-state index in [1.807, 2.05) is 6.92 Å². The number of likely N-dealkylation sites (tertiary alicyclic amines) is 1. The number of hydrogen-bond donors (Lipinski definition) is 0. The first kappa shape index (κ1) is 20.2. The van der Waals surface area contributed by atoms with Crippen molar-refractivity contribution in [3.05, 3.63) is 0 Å². The third kappa shape index (κ3) is 5.04. The molecule has 134 valence electrons. The van der Waals surface area contributed by atoms with E-state index in [0.29, 0.717) is 13.0 Å². The van der Waals surface area contributed by atoms with Crippen LogP contribution in [0.2, 0.25) is 18.1 Å². The number of amides is 2. The number of imide groups is 1. The number of carbonyl (C=O) groups is 2. The van der Waals surface area contributed by atoms with E-state index in [4.69, 9.17) is 9.16 Å². The molecule has 6 heteroatoms. The Hall–Kier alpha value is -0.883. The molecule has 0 radical (unpaired) electrons. The highest BCUT2D eigenvalue weighted by Gasteiger charge is 2.45. The Morgan fingerprint density at radius 2 is 1.74 bits per heavy atom. The number of hydrogen-bond acceptors (Lipinski definition) is 4. The van der Waals surface area contributed by atoms with Crippen molar-refractivity contribution in [2.45, 2.75) is 84.7 Å². The first-order valence-corrected chi connectivity index (χ1v) is 11.3. The summed E-state index contributed by atoms with van der Waals surface area (Å²) in [7, 11) is -1.92. The molecule has 1 heterocycles. The molecule has 0 aromatic rings. The van der Waals surface area contributed by atoms with Gasteiger partial charge in [0.05, 0.1) is 12.6 Å². The van der Waals surface area contributed by atoms with Crippen LogP contribution in [0, 0.1) is 5.92 Å². The molecule has 0 unspecified atom stereocenters. The molecule has 23 heavy (non-hydrogen) atoms. The molecule has 0 N–H and O–H groups in total. The summed E-state index contributed by atoms with van der Waals surface area (Å²) in [5.74, 6) is -0.335. The Morgan fingerprint density at radius 1 is 1.22 bits per heavy atom. The van der Waals surface area contributed by atoms with E-state index in [1.165, 1.54) is 4.90 Å². The number of carbonyl (C=O) groups excluding carboxylic acids is 2. The summed E-state index contributed by atoms with van der Waals surface area (Å²) in [6, 6.07) is -0.235. The van der Waals surface area contributed by atoms with E-state index in [-0.39, 0.29) is 22.9 Å². The third-order valence-electron chi connectivity index (χ3n) is 4.68. The van der Waals surface area contributed by atoms with Crippen molar-refractivity contribution < 1.29 is 18.8 Å². The fraction of sp³-hybridized carbons (Fsp3) is 0.882. The van der Waals surface area contributed by atoms with Crippen molar-refractivity contribution in [1.82, 2.24) is 4.90 Å². The molecule has 2 amide bonds. The zero-order valence-electron chi connectivity index (χ0n) is 16.1. The van der Waals surface area contributed by atoms with Gasteiger partial charge in [-0.2, -0.15) is 0 Å². The highest BCUT2D eigenvalue weighted by Crippen LogP contribution is 2.37. The van der Waals surface area contributed by atoms with Crippen molar-refractivity contribution in [2.75, 3.05) is 6.61 Å². The minimum Gasteiger partial charge on any atom is -0.443 e. The number of ether oxygens (including phenoxy) is 1. The molecular formula is C17H33NO4Si. The maximum Gasteiger partial charge on any atom is 0.417 e. The van der Waals surface area contributed by atoms with Crippen molar-refractivity contribution in [3.63, 3.8) is 0 Å². The third-order valence-corrected chi connectivity index (χ3v) is 9.18. The summed E-state index contributed by atoms with van der Waals surface area (Å²) in [4.78, 5) is 26.0. The van der Waals surface area contributed by atoms with Crippen LogP contribution >= 0.6 is 0 Å². The molecule has 0 spiro atoms. The van der Waals surface area contributed by atoms with Crippen molar-refractivity contribution in [1.29, 1.82) is 0 Å². The average molecular weight is 344 g/mol. The lowest BCUT2D eigenvalue weighted by Gasteiger charge is -2.37. The predicted molar refractivity (Wildman–Crippen MR) is 93.8 cm³/mol. The van der Waals surface area contributed by atoms with E-state index < -0.39 is 20.0 Å². The Labute approximate surface area is 141 Å². The maximum absolute atomic E-state index is 12.4. The fourth-order valence-electron chi connectivity index (χ4n) is 2.25. The van der Waals surface area contributed by atoms with E-state index in [2.05, 4.69) is 33.9 Å². The Kier molecular flexibility index (Phi) is 5.74. The standard InChI is InChI=1S/C17H33NO4Si/c1-12-10-13(11-21-23(8,9)17(5,6)7)18(14(12)19)15(20)22-16(2,3)4/h12-13H,10-11H2,1-9H3/t12-,13+/m1/s1. The zero-order chi connectivity index (χ0) is 18.2.